The van der Waals surface area contributed by atoms with Crippen LogP contribution in [0, 0.1) is 0 Å². The highest BCUT2D eigenvalue weighted by Gasteiger charge is 2.20. The van der Waals surface area contributed by atoms with Crippen LogP contribution in [0.3, 0.4) is 0 Å². The van der Waals surface area contributed by atoms with Crippen molar-refractivity contribution in [1.82, 2.24) is 9.55 Å². The standard InChI is InChI=1S/C8H12ClN3/c9-8-11-5-7-3-1-2-6(4-10)12(7)8/h5-6H,1-4,10H2. The fraction of sp³-hybridized carbons (Fsp3) is 0.625. The smallest absolute Gasteiger partial charge is 0.203 e. The van der Waals surface area contributed by atoms with Gasteiger partial charge < -0.3 is 10.3 Å². The maximum atomic E-state index is 5.93. The molecule has 1 atom stereocenters. The predicted octanol–water partition coefficient (Wildman–Crippen LogP) is 1.37. The lowest BCUT2D eigenvalue weighted by Crippen LogP contribution is -2.24. The molecule has 1 aromatic heterocycles. The van der Waals surface area contributed by atoms with E-state index in [0.717, 1.165) is 12.8 Å². The molecule has 66 valence electrons. The highest BCUT2D eigenvalue weighted by molar-refractivity contribution is 6.28. The molecule has 3 nitrogen and oxygen atoms in total. The molecule has 0 amide bonds. The molecule has 0 aromatic carbocycles. The molecule has 0 radical (unpaired) electrons. The molecule has 0 saturated carbocycles. The van der Waals surface area contributed by atoms with Crippen molar-refractivity contribution in [3.8, 4) is 0 Å². The zero-order chi connectivity index (χ0) is 8.55. The molecule has 0 saturated heterocycles. The summed E-state index contributed by atoms with van der Waals surface area (Å²) in [6, 6.07) is 0.365. The summed E-state index contributed by atoms with van der Waals surface area (Å²) in [5.74, 6) is 0. The van der Waals surface area contributed by atoms with Crippen LogP contribution >= 0.6 is 11.6 Å². The minimum Gasteiger partial charge on any atom is -0.328 e. The first-order valence-electron chi connectivity index (χ1n) is 4.24. The predicted molar refractivity (Wildman–Crippen MR) is 48.3 cm³/mol. The minimum absolute atomic E-state index is 0.365. The van der Waals surface area contributed by atoms with E-state index in [1.54, 1.807) is 0 Å². The second-order valence-corrected chi connectivity index (χ2v) is 3.51. The molecule has 0 bridgehead atoms. The van der Waals surface area contributed by atoms with Crippen molar-refractivity contribution in [2.75, 3.05) is 6.54 Å². The number of imidazole rings is 1. The van der Waals surface area contributed by atoms with Gasteiger partial charge in [-0.25, -0.2) is 4.98 Å². The summed E-state index contributed by atoms with van der Waals surface area (Å²) in [4.78, 5) is 4.07. The van der Waals surface area contributed by atoms with Crippen LogP contribution in [0.5, 0.6) is 0 Å². The molecule has 1 aromatic rings. The summed E-state index contributed by atoms with van der Waals surface area (Å²) in [6.45, 7) is 0.656. The SMILES string of the molecule is NCC1CCCc2cnc(Cl)n21. The van der Waals surface area contributed by atoms with Crippen LogP contribution in [0.4, 0.5) is 0 Å². The van der Waals surface area contributed by atoms with Crippen LogP contribution in [0.15, 0.2) is 6.20 Å². The monoisotopic (exact) mass is 185 g/mol. The molecule has 1 aliphatic heterocycles. The zero-order valence-electron chi connectivity index (χ0n) is 6.83. The van der Waals surface area contributed by atoms with Gasteiger partial charge in [0.15, 0.2) is 0 Å². The number of nitrogens with two attached hydrogens (primary N) is 1. The number of fused-ring (bicyclic) bond motifs is 1. The molecule has 0 spiro atoms. The average molecular weight is 186 g/mol. The first-order chi connectivity index (χ1) is 5.83. The Hall–Kier alpha value is -0.540. The van der Waals surface area contributed by atoms with Crippen LogP contribution < -0.4 is 5.73 Å². The maximum Gasteiger partial charge on any atom is 0.203 e. The van der Waals surface area contributed by atoms with Crippen LogP contribution in [0.25, 0.3) is 0 Å². The molecule has 1 aliphatic rings. The van der Waals surface area contributed by atoms with Crippen molar-refractivity contribution in [3.05, 3.63) is 17.2 Å². The van der Waals surface area contributed by atoms with Gasteiger partial charge in [-0.2, -0.15) is 0 Å². The lowest BCUT2D eigenvalue weighted by molar-refractivity contribution is 0.410. The van der Waals surface area contributed by atoms with E-state index < -0.39 is 0 Å². The first kappa shape index (κ1) is 8.08. The van der Waals surface area contributed by atoms with Crippen molar-refractivity contribution in [2.24, 2.45) is 5.73 Å². The Morgan fingerprint density at radius 1 is 1.75 bits per heavy atom. The van der Waals surface area contributed by atoms with E-state index in [1.807, 2.05) is 6.20 Å². The van der Waals surface area contributed by atoms with Crippen LogP contribution in [0.2, 0.25) is 5.28 Å². The maximum absolute atomic E-state index is 5.93. The molecule has 2 heterocycles. The van der Waals surface area contributed by atoms with E-state index in [-0.39, 0.29) is 0 Å². The van der Waals surface area contributed by atoms with Gasteiger partial charge in [0.05, 0.1) is 0 Å². The van der Waals surface area contributed by atoms with Gasteiger partial charge >= 0.3 is 0 Å². The van der Waals surface area contributed by atoms with E-state index in [4.69, 9.17) is 17.3 Å². The summed E-state index contributed by atoms with van der Waals surface area (Å²) < 4.78 is 2.06. The number of aryl methyl sites for hydroxylation is 1. The molecular formula is C8H12ClN3. The topological polar surface area (TPSA) is 43.8 Å². The summed E-state index contributed by atoms with van der Waals surface area (Å²) in [6.07, 6.45) is 5.25. The first-order valence-corrected chi connectivity index (χ1v) is 4.62. The van der Waals surface area contributed by atoms with Crippen molar-refractivity contribution in [2.45, 2.75) is 25.3 Å². The second kappa shape index (κ2) is 3.07. The van der Waals surface area contributed by atoms with Crippen LogP contribution in [0.1, 0.15) is 24.6 Å². The molecule has 4 heteroatoms. The van der Waals surface area contributed by atoms with Gasteiger partial charge in [0.2, 0.25) is 5.28 Å². The van der Waals surface area contributed by atoms with E-state index in [0.29, 0.717) is 17.9 Å². The third-order valence-corrected chi connectivity index (χ3v) is 2.72. The molecule has 2 rings (SSSR count). The summed E-state index contributed by atoms with van der Waals surface area (Å²) in [7, 11) is 0. The van der Waals surface area contributed by atoms with Gasteiger partial charge in [-0.15, -0.1) is 0 Å². The molecule has 2 N–H and O–H groups in total. The summed E-state index contributed by atoms with van der Waals surface area (Å²) >= 11 is 5.93. The summed E-state index contributed by atoms with van der Waals surface area (Å²) in [5, 5.41) is 0.583. The van der Waals surface area contributed by atoms with Gasteiger partial charge in [-0.1, -0.05) is 0 Å². The Bertz CT molecular complexity index is 282. The number of aromatic nitrogens is 2. The van der Waals surface area contributed by atoms with Crippen molar-refractivity contribution in [1.29, 1.82) is 0 Å². The highest BCUT2D eigenvalue weighted by Crippen LogP contribution is 2.27. The lowest BCUT2D eigenvalue weighted by Gasteiger charge is -2.24. The van der Waals surface area contributed by atoms with Crippen LogP contribution in [-0.2, 0) is 6.42 Å². The van der Waals surface area contributed by atoms with Gasteiger partial charge in [-0.05, 0) is 30.9 Å². The second-order valence-electron chi connectivity index (χ2n) is 3.17. The molecule has 0 fully saturated rings. The van der Waals surface area contributed by atoms with Gasteiger partial charge in [0.1, 0.15) is 0 Å². The average Bonchev–Trinajstić information content (AvgIpc) is 2.48. The van der Waals surface area contributed by atoms with E-state index in [1.165, 1.54) is 12.1 Å². The van der Waals surface area contributed by atoms with Crippen LogP contribution in [-0.4, -0.2) is 16.1 Å². The number of halogens is 1. The van der Waals surface area contributed by atoms with Crippen molar-refractivity contribution >= 4 is 11.6 Å². The third-order valence-electron chi connectivity index (χ3n) is 2.44. The van der Waals surface area contributed by atoms with Crippen molar-refractivity contribution < 1.29 is 0 Å². The number of hydrogen-bond acceptors (Lipinski definition) is 2. The minimum atomic E-state index is 0.365. The van der Waals surface area contributed by atoms with Crippen molar-refractivity contribution in [3.63, 3.8) is 0 Å². The third kappa shape index (κ3) is 1.13. The summed E-state index contributed by atoms with van der Waals surface area (Å²) in [5.41, 5.74) is 6.86. The Morgan fingerprint density at radius 2 is 2.58 bits per heavy atom. The number of nitrogens with zero attached hydrogens (tertiary/aromatic N) is 2. The quantitative estimate of drug-likeness (QED) is 0.719. The highest BCUT2D eigenvalue weighted by atomic mass is 35.5. The Morgan fingerprint density at radius 3 is 3.33 bits per heavy atom. The van der Waals surface area contributed by atoms with Gasteiger partial charge in [0.25, 0.3) is 0 Å². The van der Waals surface area contributed by atoms with Gasteiger partial charge in [-0.3, -0.25) is 0 Å². The number of hydrogen-bond donors (Lipinski definition) is 1. The lowest BCUT2D eigenvalue weighted by atomic mass is 10.0. The number of rotatable bonds is 1. The Labute approximate surface area is 76.5 Å². The molecular weight excluding hydrogens is 174 g/mol. The largest absolute Gasteiger partial charge is 0.328 e. The molecule has 1 unspecified atom stereocenters. The van der Waals surface area contributed by atoms with E-state index in [2.05, 4.69) is 9.55 Å². The molecule has 12 heavy (non-hydrogen) atoms. The fourth-order valence-corrected chi connectivity index (χ4v) is 2.11. The van der Waals surface area contributed by atoms with E-state index >= 15 is 0 Å². The van der Waals surface area contributed by atoms with Gasteiger partial charge in [0, 0.05) is 24.5 Å². The Balaban J connectivity index is 2.41. The normalized spacial score (nSPS) is 22.3. The Kier molecular flexibility index (Phi) is 2.07. The zero-order valence-corrected chi connectivity index (χ0v) is 7.59. The van der Waals surface area contributed by atoms with E-state index in [9.17, 15) is 0 Å². The molecule has 0 aliphatic carbocycles. The fourth-order valence-electron chi connectivity index (χ4n) is 1.81.